The Bertz CT molecular complexity index is 256. The monoisotopic (exact) mass is 241 g/mol. The first kappa shape index (κ1) is 12.8. The van der Waals surface area contributed by atoms with E-state index in [1.54, 1.807) is 0 Å². The predicted octanol–water partition coefficient (Wildman–Crippen LogP) is -0.735. The molecule has 0 bridgehead atoms. The van der Waals surface area contributed by atoms with Crippen LogP contribution >= 0.6 is 0 Å². The lowest BCUT2D eigenvalue weighted by Crippen LogP contribution is -2.40. The van der Waals surface area contributed by atoms with Gasteiger partial charge in [-0.1, -0.05) is 0 Å². The van der Waals surface area contributed by atoms with Crippen LogP contribution in [-0.2, 0) is 4.79 Å². The van der Waals surface area contributed by atoms with Crippen LogP contribution in [0.3, 0.4) is 0 Å². The van der Waals surface area contributed by atoms with Gasteiger partial charge in [-0.15, -0.1) is 0 Å². The summed E-state index contributed by atoms with van der Waals surface area (Å²) in [7, 11) is 0. The third-order valence-electron chi connectivity index (χ3n) is 3.41. The summed E-state index contributed by atoms with van der Waals surface area (Å²) < 4.78 is 0. The molecular weight excluding hydrogens is 218 g/mol. The molecule has 2 N–H and O–H groups in total. The molecule has 1 aliphatic carbocycles. The number of carbonyl (C=O) groups excluding carboxylic acids is 1. The standard InChI is InChI=1S/C12H23N3O2/c16-9-8-14-4-1-5-15(7-6-14)10-12(17)13-11-2-3-11/h11,16H,1-10H2,(H,13,17). The predicted molar refractivity (Wildman–Crippen MR) is 65.7 cm³/mol. The Labute approximate surface area is 103 Å². The Morgan fingerprint density at radius 3 is 2.59 bits per heavy atom. The summed E-state index contributed by atoms with van der Waals surface area (Å²) in [4.78, 5) is 16.2. The van der Waals surface area contributed by atoms with Crippen LogP contribution in [0.1, 0.15) is 19.3 Å². The third kappa shape index (κ3) is 4.61. The van der Waals surface area contributed by atoms with Crippen LogP contribution in [0.2, 0.25) is 0 Å². The van der Waals surface area contributed by atoms with E-state index in [9.17, 15) is 4.79 Å². The number of carbonyl (C=O) groups is 1. The highest BCUT2D eigenvalue weighted by atomic mass is 16.3. The van der Waals surface area contributed by atoms with Crippen molar-refractivity contribution in [2.75, 3.05) is 45.9 Å². The van der Waals surface area contributed by atoms with Crippen molar-refractivity contribution >= 4 is 5.91 Å². The molecule has 1 aliphatic heterocycles. The van der Waals surface area contributed by atoms with Crippen LogP contribution in [0.25, 0.3) is 0 Å². The van der Waals surface area contributed by atoms with Gasteiger partial charge in [-0.2, -0.15) is 0 Å². The van der Waals surface area contributed by atoms with Crippen LogP contribution in [0.15, 0.2) is 0 Å². The Morgan fingerprint density at radius 1 is 1.18 bits per heavy atom. The Hall–Kier alpha value is -0.650. The highest BCUT2D eigenvalue weighted by Gasteiger charge is 2.24. The smallest absolute Gasteiger partial charge is 0.234 e. The van der Waals surface area contributed by atoms with E-state index < -0.39 is 0 Å². The number of nitrogens with zero attached hydrogens (tertiary/aromatic N) is 2. The summed E-state index contributed by atoms with van der Waals surface area (Å²) >= 11 is 0. The van der Waals surface area contributed by atoms with Gasteiger partial charge in [0.1, 0.15) is 0 Å². The molecule has 0 spiro atoms. The minimum absolute atomic E-state index is 0.170. The first-order valence-electron chi connectivity index (χ1n) is 6.63. The number of aliphatic hydroxyl groups excluding tert-OH is 1. The lowest BCUT2D eigenvalue weighted by molar-refractivity contribution is -0.122. The van der Waals surface area contributed by atoms with Crippen LogP contribution in [0.4, 0.5) is 0 Å². The molecular formula is C12H23N3O2. The van der Waals surface area contributed by atoms with Gasteiger partial charge in [0.15, 0.2) is 0 Å². The van der Waals surface area contributed by atoms with Gasteiger partial charge in [0.05, 0.1) is 13.2 Å². The van der Waals surface area contributed by atoms with Crippen LogP contribution < -0.4 is 5.32 Å². The molecule has 1 amide bonds. The van der Waals surface area contributed by atoms with E-state index in [0.29, 0.717) is 12.6 Å². The fourth-order valence-corrected chi connectivity index (χ4v) is 2.25. The average Bonchev–Trinajstić information content (AvgIpc) is 3.09. The van der Waals surface area contributed by atoms with Crippen molar-refractivity contribution in [3.8, 4) is 0 Å². The molecule has 0 aromatic heterocycles. The molecule has 2 rings (SSSR count). The van der Waals surface area contributed by atoms with Crippen molar-refractivity contribution in [3.05, 3.63) is 0 Å². The number of rotatable bonds is 5. The second kappa shape index (κ2) is 6.33. The summed E-state index contributed by atoms with van der Waals surface area (Å²) in [5.74, 6) is 0.170. The normalized spacial score (nSPS) is 23.4. The van der Waals surface area contributed by atoms with E-state index in [4.69, 9.17) is 5.11 Å². The van der Waals surface area contributed by atoms with Crippen LogP contribution in [0, 0.1) is 0 Å². The van der Waals surface area contributed by atoms with E-state index in [0.717, 1.165) is 52.0 Å². The molecule has 17 heavy (non-hydrogen) atoms. The summed E-state index contributed by atoms with van der Waals surface area (Å²) in [6.45, 7) is 5.41. The lowest BCUT2D eigenvalue weighted by atomic mass is 10.3. The zero-order valence-corrected chi connectivity index (χ0v) is 10.4. The quantitative estimate of drug-likeness (QED) is 0.666. The third-order valence-corrected chi connectivity index (χ3v) is 3.41. The van der Waals surface area contributed by atoms with E-state index >= 15 is 0 Å². The maximum absolute atomic E-state index is 11.7. The molecule has 1 saturated carbocycles. The molecule has 0 unspecified atom stereocenters. The zero-order chi connectivity index (χ0) is 12.1. The lowest BCUT2D eigenvalue weighted by Gasteiger charge is -2.20. The molecule has 0 radical (unpaired) electrons. The summed E-state index contributed by atoms with van der Waals surface area (Å²) in [6.07, 6.45) is 3.38. The number of amides is 1. The Kier molecular flexibility index (Phi) is 4.76. The van der Waals surface area contributed by atoms with E-state index in [-0.39, 0.29) is 12.5 Å². The fraction of sp³-hybridized carbons (Fsp3) is 0.917. The summed E-state index contributed by atoms with van der Waals surface area (Å²) in [5, 5.41) is 11.9. The van der Waals surface area contributed by atoms with Gasteiger partial charge in [-0.3, -0.25) is 14.6 Å². The molecule has 5 nitrogen and oxygen atoms in total. The van der Waals surface area contributed by atoms with Crippen LogP contribution in [-0.4, -0.2) is 72.7 Å². The fourth-order valence-electron chi connectivity index (χ4n) is 2.25. The van der Waals surface area contributed by atoms with Crippen molar-refractivity contribution in [2.45, 2.75) is 25.3 Å². The van der Waals surface area contributed by atoms with Gasteiger partial charge >= 0.3 is 0 Å². The van der Waals surface area contributed by atoms with E-state index in [1.165, 1.54) is 0 Å². The SMILES string of the molecule is O=C(CN1CCCN(CCO)CC1)NC1CC1. The molecule has 5 heteroatoms. The molecule has 0 atom stereocenters. The highest BCUT2D eigenvalue weighted by molar-refractivity contribution is 5.78. The summed E-state index contributed by atoms with van der Waals surface area (Å²) in [6, 6.07) is 0.459. The second-order valence-electron chi connectivity index (χ2n) is 5.04. The topological polar surface area (TPSA) is 55.8 Å². The van der Waals surface area contributed by atoms with Crippen molar-refractivity contribution in [1.82, 2.24) is 15.1 Å². The highest BCUT2D eigenvalue weighted by Crippen LogP contribution is 2.18. The van der Waals surface area contributed by atoms with Gasteiger partial charge in [-0.05, 0) is 32.4 Å². The van der Waals surface area contributed by atoms with Gasteiger partial charge in [0.2, 0.25) is 5.91 Å². The maximum Gasteiger partial charge on any atom is 0.234 e. The Balaban J connectivity index is 1.68. The largest absolute Gasteiger partial charge is 0.395 e. The van der Waals surface area contributed by atoms with E-state index in [1.807, 2.05) is 0 Å². The first-order valence-corrected chi connectivity index (χ1v) is 6.63. The number of aliphatic hydroxyl groups is 1. The number of nitrogens with one attached hydrogen (secondary N) is 1. The van der Waals surface area contributed by atoms with E-state index in [2.05, 4.69) is 15.1 Å². The minimum atomic E-state index is 0.170. The molecule has 1 heterocycles. The van der Waals surface area contributed by atoms with Gasteiger partial charge < -0.3 is 10.4 Å². The average molecular weight is 241 g/mol. The van der Waals surface area contributed by atoms with Crippen LogP contribution in [0.5, 0.6) is 0 Å². The molecule has 98 valence electrons. The summed E-state index contributed by atoms with van der Waals surface area (Å²) in [5.41, 5.74) is 0. The minimum Gasteiger partial charge on any atom is -0.395 e. The zero-order valence-electron chi connectivity index (χ0n) is 10.4. The number of hydrogen-bond donors (Lipinski definition) is 2. The molecule has 2 aliphatic rings. The Morgan fingerprint density at radius 2 is 1.88 bits per heavy atom. The molecule has 0 aromatic carbocycles. The van der Waals surface area contributed by atoms with Crippen molar-refractivity contribution in [1.29, 1.82) is 0 Å². The maximum atomic E-state index is 11.7. The molecule has 0 aromatic rings. The van der Waals surface area contributed by atoms with Gasteiger partial charge in [0, 0.05) is 25.7 Å². The second-order valence-corrected chi connectivity index (χ2v) is 5.04. The number of β-amino-alcohol motifs (C(OH)–C–C–N with tert-alkyl or cyclic N) is 1. The van der Waals surface area contributed by atoms with Crippen molar-refractivity contribution in [3.63, 3.8) is 0 Å². The van der Waals surface area contributed by atoms with Gasteiger partial charge in [-0.25, -0.2) is 0 Å². The first-order chi connectivity index (χ1) is 8.28. The van der Waals surface area contributed by atoms with Crippen molar-refractivity contribution < 1.29 is 9.90 Å². The molecule has 2 fully saturated rings. The molecule has 1 saturated heterocycles. The number of hydrogen-bond acceptors (Lipinski definition) is 4. The van der Waals surface area contributed by atoms with Crippen molar-refractivity contribution in [2.24, 2.45) is 0 Å². The van der Waals surface area contributed by atoms with Gasteiger partial charge in [0.25, 0.3) is 0 Å².